The van der Waals surface area contributed by atoms with Crippen LogP contribution in [0, 0.1) is 0 Å². The molecule has 0 aromatic heterocycles. The van der Waals surface area contributed by atoms with Crippen LogP contribution in [0.2, 0.25) is 0 Å². The Kier molecular flexibility index (Phi) is 5.20. The second-order valence-corrected chi connectivity index (χ2v) is 5.19. The Bertz CT molecular complexity index is 498. The highest BCUT2D eigenvalue weighted by molar-refractivity contribution is 5.85. The van der Waals surface area contributed by atoms with Crippen LogP contribution in [0.25, 0.3) is 0 Å². The molecule has 114 valence electrons. The third-order valence-corrected chi connectivity index (χ3v) is 3.70. The summed E-state index contributed by atoms with van der Waals surface area (Å²) in [7, 11) is 0. The Hall–Kier alpha value is -2.04. The fourth-order valence-electron chi connectivity index (χ4n) is 2.63. The molecule has 0 unspecified atom stereocenters. The van der Waals surface area contributed by atoms with Crippen LogP contribution >= 0.6 is 0 Å². The second kappa shape index (κ2) is 7.11. The van der Waals surface area contributed by atoms with Crippen molar-refractivity contribution in [3.05, 3.63) is 29.8 Å². The number of carbonyl (C=O) groups excluding carboxylic acids is 1. The minimum atomic E-state index is -0.908. The molecule has 0 aliphatic carbocycles. The molecule has 1 heterocycles. The molecule has 1 amide bonds. The van der Waals surface area contributed by atoms with Gasteiger partial charge in [0.1, 0.15) is 11.8 Å². The van der Waals surface area contributed by atoms with E-state index in [1.807, 2.05) is 31.2 Å². The van der Waals surface area contributed by atoms with Gasteiger partial charge in [-0.2, -0.15) is 0 Å². The van der Waals surface area contributed by atoms with E-state index in [2.05, 4.69) is 0 Å². The average molecular weight is 291 g/mol. The molecule has 2 rings (SSSR count). The monoisotopic (exact) mass is 291 g/mol. The van der Waals surface area contributed by atoms with Crippen LogP contribution in [0.4, 0.5) is 0 Å². The summed E-state index contributed by atoms with van der Waals surface area (Å²) in [6.07, 6.45) is 2.52. The van der Waals surface area contributed by atoms with Crippen LogP contribution in [0.5, 0.6) is 5.75 Å². The number of carboxylic acids is 1. The van der Waals surface area contributed by atoms with Gasteiger partial charge in [-0.3, -0.25) is 4.79 Å². The van der Waals surface area contributed by atoms with Crippen molar-refractivity contribution < 1.29 is 19.4 Å². The number of ether oxygens (including phenoxy) is 1. The number of carbonyl (C=O) groups is 2. The van der Waals surface area contributed by atoms with E-state index in [4.69, 9.17) is 4.74 Å². The van der Waals surface area contributed by atoms with Crippen LogP contribution in [0.3, 0.4) is 0 Å². The van der Waals surface area contributed by atoms with Crippen molar-refractivity contribution in [3.63, 3.8) is 0 Å². The second-order valence-electron chi connectivity index (χ2n) is 5.19. The standard InChI is InChI=1S/C16H21NO4/c1-2-21-13-8-6-12(7-9-13)11-15(18)17-10-4-3-5-14(17)16(19)20/h6-9,14H,2-5,10-11H2,1H3,(H,19,20)/t14-/m0/s1. The van der Waals surface area contributed by atoms with E-state index in [9.17, 15) is 14.7 Å². The van der Waals surface area contributed by atoms with Gasteiger partial charge in [-0.25, -0.2) is 4.79 Å². The smallest absolute Gasteiger partial charge is 0.326 e. The number of carboxylic acid groups (broad SMARTS) is 1. The molecule has 0 spiro atoms. The summed E-state index contributed by atoms with van der Waals surface area (Å²) in [5.41, 5.74) is 0.873. The molecule has 5 heteroatoms. The summed E-state index contributed by atoms with van der Waals surface area (Å²) in [6.45, 7) is 3.05. The first-order valence-corrected chi connectivity index (χ1v) is 7.36. The normalized spacial score (nSPS) is 18.3. The molecular weight excluding hydrogens is 270 g/mol. The van der Waals surface area contributed by atoms with Gasteiger partial charge < -0.3 is 14.7 Å². The van der Waals surface area contributed by atoms with Crippen molar-refractivity contribution in [1.82, 2.24) is 4.90 Å². The van der Waals surface area contributed by atoms with Crippen LogP contribution in [-0.2, 0) is 16.0 Å². The van der Waals surface area contributed by atoms with E-state index in [1.54, 1.807) is 0 Å². The molecule has 1 aliphatic rings. The summed E-state index contributed by atoms with van der Waals surface area (Å²) in [6, 6.07) is 6.69. The molecule has 1 aromatic rings. The molecule has 21 heavy (non-hydrogen) atoms. The van der Waals surface area contributed by atoms with Crippen LogP contribution in [0.1, 0.15) is 31.7 Å². The Morgan fingerprint density at radius 2 is 2.00 bits per heavy atom. The zero-order chi connectivity index (χ0) is 15.2. The zero-order valence-corrected chi connectivity index (χ0v) is 12.2. The SMILES string of the molecule is CCOc1ccc(CC(=O)N2CCCC[C@H]2C(=O)O)cc1. The van der Waals surface area contributed by atoms with Gasteiger partial charge in [0.2, 0.25) is 5.91 Å². The fourth-order valence-corrected chi connectivity index (χ4v) is 2.63. The van der Waals surface area contributed by atoms with Gasteiger partial charge in [0.25, 0.3) is 0 Å². The molecule has 1 fully saturated rings. The Labute approximate surface area is 124 Å². The maximum atomic E-state index is 12.3. The minimum absolute atomic E-state index is 0.119. The average Bonchev–Trinajstić information content (AvgIpc) is 2.49. The van der Waals surface area contributed by atoms with Gasteiger partial charge in [-0.1, -0.05) is 12.1 Å². The molecule has 0 radical (unpaired) electrons. The summed E-state index contributed by atoms with van der Waals surface area (Å²) < 4.78 is 5.36. The number of nitrogens with zero attached hydrogens (tertiary/aromatic N) is 1. The predicted molar refractivity (Wildman–Crippen MR) is 78.3 cm³/mol. The molecule has 1 N–H and O–H groups in total. The van der Waals surface area contributed by atoms with Crippen molar-refractivity contribution in [1.29, 1.82) is 0 Å². The van der Waals surface area contributed by atoms with E-state index in [-0.39, 0.29) is 12.3 Å². The maximum absolute atomic E-state index is 12.3. The summed E-state index contributed by atoms with van der Waals surface area (Å²) in [4.78, 5) is 25.1. The number of rotatable bonds is 5. The lowest BCUT2D eigenvalue weighted by atomic mass is 10.0. The Balaban J connectivity index is 2.00. The van der Waals surface area contributed by atoms with Crippen LogP contribution in [-0.4, -0.2) is 41.1 Å². The number of hydrogen-bond donors (Lipinski definition) is 1. The third kappa shape index (κ3) is 3.97. The van der Waals surface area contributed by atoms with E-state index in [1.165, 1.54) is 4.90 Å². The highest BCUT2D eigenvalue weighted by Crippen LogP contribution is 2.19. The maximum Gasteiger partial charge on any atom is 0.326 e. The molecule has 5 nitrogen and oxygen atoms in total. The lowest BCUT2D eigenvalue weighted by Gasteiger charge is -2.33. The lowest BCUT2D eigenvalue weighted by Crippen LogP contribution is -2.48. The van der Waals surface area contributed by atoms with Gasteiger partial charge >= 0.3 is 5.97 Å². The molecule has 1 aliphatic heterocycles. The number of hydrogen-bond acceptors (Lipinski definition) is 3. The predicted octanol–water partition coefficient (Wildman–Crippen LogP) is 2.09. The van der Waals surface area contributed by atoms with Crippen molar-refractivity contribution in [2.24, 2.45) is 0 Å². The number of piperidine rings is 1. The van der Waals surface area contributed by atoms with Crippen molar-refractivity contribution in [2.75, 3.05) is 13.2 Å². The lowest BCUT2D eigenvalue weighted by molar-refractivity contribution is -0.151. The minimum Gasteiger partial charge on any atom is -0.494 e. The first-order valence-electron chi connectivity index (χ1n) is 7.36. The molecule has 1 aromatic carbocycles. The largest absolute Gasteiger partial charge is 0.494 e. The first kappa shape index (κ1) is 15.4. The summed E-state index contributed by atoms with van der Waals surface area (Å²) in [5, 5.41) is 9.21. The highest BCUT2D eigenvalue weighted by Gasteiger charge is 2.31. The number of aliphatic carboxylic acids is 1. The highest BCUT2D eigenvalue weighted by atomic mass is 16.5. The van der Waals surface area contributed by atoms with E-state index >= 15 is 0 Å². The summed E-state index contributed by atoms with van der Waals surface area (Å²) in [5.74, 6) is -0.254. The Morgan fingerprint density at radius 1 is 1.29 bits per heavy atom. The van der Waals surface area contributed by atoms with Crippen molar-refractivity contribution >= 4 is 11.9 Å². The van der Waals surface area contributed by atoms with E-state index < -0.39 is 12.0 Å². The first-order chi connectivity index (χ1) is 10.1. The van der Waals surface area contributed by atoms with Gasteiger partial charge in [-0.15, -0.1) is 0 Å². The van der Waals surface area contributed by atoms with Crippen LogP contribution < -0.4 is 4.74 Å². The molecule has 1 saturated heterocycles. The molecular formula is C16H21NO4. The van der Waals surface area contributed by atoms with E-state index in [0.29, 0.717) is 19.6 Å². The summed E-state index contributed by atoms with van der Waals surface area (Å²) >= 11 is 0. The molecule has 1 atom stereocenters. The number of amides is 1. The van der Waals surface area contributed by atoms with Gasteiger partial charge in [-0.05, 0) is 43.9 Å². The zero-order valence-electron chi connectivity index (χ0n) is 12.2. The quantitative estimate of drug-likeness (QED) is 0.902. The molecule has 0 saturated carbocycles. The van der Waals surface area contributed by atoms with Gasteiger partial charge in [0, 0.05) is 6.54 Å². The van der Waals surface area contributed by atoms with E-state index in [0.717, 1.165) is 24.2 Å². The third-order valence-electron chi connectivity index (χ3n) is 3.70. The fraction of sp³-hybridized carbons (Fsp3) is 0.500. The van der Waals surface area contributed by atoms with Crippen molar-refractivity contribution in [2.45, 2.75) is 38.6 Å². The topological polar surface area (TPSA) is 66.8 Å². The number of benzene rings is 1. The van der Waals surface area contributed by atoms with Crippen molar-refractivity contribution in [3.8, 4) is 5.75 Å². The van der Waals surface area contributed by atoms with Crippen LogP contribution in [0.15, 0.2) is 24.3 Å². The molecule has 0 bridgehead atoms. The van der Waals surface area contributed by atoms with Gasteiger partial charge in [0.15, 0.2) is 0 Å². The Morgan fingerprint density at radius 3 is 2.62 bits per heavy atom. The number of likely N-dealkylation sites (tertiary alicyclic amines) is 1. The van der Waals surface area contributed by atoms with Gasteiger partial charge in [0.05, 0.1) is 13.0 Å².